The van der Waals surface area contributed by atoms with Crippen LogP contribution < -0.4 is 10.5 Å². The molecule has 1 aromatic heterocycles. The van der Waals surface area contributed by atoms with Crippen molar-refractivity contribution in [3.63, 3.8) is 0 Å². The van der Waals surface area contributed by atoms with Gasteiger partial charge in [-0.15, -0.1) is 0 Å². The van der Waals surface area contributed by atoms with Crippen LogP contribution in [0.25, 0.3) is 6.08 Å². The van der Waals surface area contributed by atoms with Crippen molar-refractivity contribution < 1.29 is 19.1 Å². The molecule has 0 radical (unpaired) electrons. The third-order valence-electron chi connectivity index (χ3n) is 7.19. The van der Waals surface area contributed by atoms with Gasteiger partial charge in [-0.05, 0) is 57.6 Å². The number of carbonyl (C=O) groups is 2. The lowest BCUT2D eigenvalue weighted by atomic mass is 9.96. The Morgan fingerprint density at radius 1 is 1.29 bits per heavy atom. The van der Waals surface area contributed by atoms with Gasteiger partial charge in [0.25, 0.3) is 11.5 Å². The molecule has 1 amide bonds. The molecule has 0 aliphatic carbocycles. The van der Waals surface area contributed by atoms with Crippen LogP contribution in [0.2, 0.25) is 0 Å². The number of aromatic nitrogens is 1. The summed E-state index contributed by atoms with van der Waals surface area (Å²) < 4.78 is 13.1. The second kappa shape index (κ2) is 12.5. The fraction of sp³-hybridized carbons (Fsp3) is 0.593. The number of piperidine rings is 1. The number of esters is 1. The van der Waals surface area contributed by atoms with Gasteiger partial charge >= 0.3 is 5.97 Å². The number of ether oxygens (including phenoxy) is 2. The zero-order chi connectivity index (χ0) is 27.4. The molecule has 0 saturated carbocycles. The second-order valence-corrected chi connectivity index (χ2v) is 11.4. The van der Waals surface area contributed by atoms with E-state index in [9.17, 15) is 19.6 Å². The van der Waals surface area contributed by atoms with E-state index in [1.165, 1.54) is 11.8 Å². The van der Waals surface area contributed by atoms with Gasteiger partial charge in [-0.1, -0.05) is 30.9 Å². The molecular formula is C27H34N4O5S2. The van der Waals surface area contributed by atoms with Gasteiger partial charge in [-0.3, -0.25) is 23.9 Å². The molecule has 2 unspecified atom stereocenters. The van der Waals surface area contributed by atoms with Gasteiger partial charge in [0.05, 0.1) is 30.1 Å². The molecule has 0 spiro atoms. The average molecular weight is 559 g/mol. The fourth-order valence-corrected chi connectivity index (χ4v) is 6.58. The first-order valence-electron chi connectivity index (χ1n) is 13.3. The summed E-state index contributed by atoms with van der Waals surface area (Å²) in [4.78, 5) is 43.5. The minimum absolute atomic E-state index is 0.0287. The molecular weight excluding hydrogens is 524 g/mol. The van der Waals surface area contributed by atoms with Gasteiger partial charge in [0.15, 0.2) is 0 Å². The number of anilines is 1. The van der Waals surface area contributed by atoms with Crippen LogP contribution in [0.5, 0.6) is 0 Å². The topological polar surface area (TPSA) is 105 Å². The largest absolute Gasteiger partial charge is 0.466 e. The Labute approximate surface area is 232 Å². The van der Waals surface area contributed by atoms with Gasteiger partial charge in [0, 0.05) is 31.8 Å². The van der Waals surface area contributed by atoms with Crippen LogP contribution in [0.4, 0.5) is 5.82 Å². The Balaban J connectivity index is 1.79. The quantitative estimate of drug-likeness (QED) is 0.269. The molecule has 3 aliphatic heterocycles. The molecule has 9 nitrogen and oxygen atoms in total. The van der Waals surface area contributed by atoms with Crippen LogP contribution in [0.1, 0.15) is 62.6 Å². The summed E-state index contributed by atoms with van der Waals surface area (Å²) >= 11 is 6.77. The Kier molecular flexibility index (Phi) is 9.28. The van der Waals surface area contributed by atoms with Crippen molar-refractivity contribution in [2.75, 3.05) is 37.7 Å². The molecule has 0 aromatic carbocycles. The summed E-state index contributed by atoms with van der Waals surface area (Å²) in [5.74, 6) is -0.131. The Morgan fingerprint density at radius 2 is 2.08 bits per heavy atom. The predicted octanol–water partition coefficient (Wildman–Crippen LogP) is 3.60. The van der Waals surface area contributed by atoms with Crippen molar-refractivity contribution in [2.24, 2.45) is 5.92 Å². The molecule has 2 atom stereocenters. The normalized spacial score (nSPS) is 22.8. The van der Waals surface area contributed by atoms with Gasteiger partial charge in [0.2, 0.25) is 0 Å². The van der Waals surface area contributed by atoms with Gasteiger partial charge < -0.3 is 14.4 Å². The lowest BCUT2D eigenvalue weighted by Crippen LogP contribution is -2.43. The minimum Gasteiger partial charge on any atom is -0.466 e. The van der Waals surface area contributed by atoms with E-state index in [2.05, 4.69) is 6.07 Å². The number of amides is 1. The monoisotopic (exact) mass is 558 g/mol. The van der Waals surface area contributed by atoms with Crippen molar-refractivity contribution in [1.29, 1.82) is 5.26 Å². The SMILES string of the molecule is CCCn1c(N2CCCC(C(=O)OCC)C2)c(/C=C2\SC(=S)N(CC3CCCO3)C2=O)c(C)c(C#N)c1=O. The number of hydrogen-bond donors (Lipinski definition) is 0. The Bertz CT molecular complexity index is 1250. The molecule has 38 heavy (non-hydrogen) atoms. The van der Waals surface area contributed by atoms with E-state index in [1.54, 1.807) is 29.4 Å². The number of pyridine rings is 1. The summed E-state index contributed by atoms with van der Waals surface area (Å²) in [6.45, 7) is 8.36. The van der Waals surface area contributed by atoms with E-state index in [0.29, 0.717) is 78.4 Å². The van der Waals surface area contributed by atoms with Gasteiger partial charge in [-0.2, -0.15) is 5.26 Å². The van der Waals surface area contributed by atoms with E-state index in [-0.39, 0.29) is 35.0 Å². The molecule has 0 N–H and O–H groups in total. The molecule has 1 aromatic rings. The molecule has 204 valence electrons. The van der Waals surface area contributed by atoms with Crippen molar-refractivity contribution >= 4 is 52.1 Å². The lowest BCUT2D eigenvalue weighted by Gasteiger charge is -2.36. The maximum atomic E-state index is 13.4. The highest BCUT2D eigenvalue weighted by Gasteiger charge is 2.36. The first kappa shape index (κ1) is 28.3. The van der Waals surface area contributed by atoms with Crippen molar-refractivity contribution in [1.82, 2.24) is 9.47 Å². The van der Waals surface area contributed by atoms with Crippen LogP contribution in [-0.2, 0) is 25.6 Å². The van der Waals surface area contributed by atoms with E-state index < -0.39 is 0 Å². The zero-order valence-electron chi connectivity index (χ0n) is 22.2. The van der Waals surface area contributed by atoms with Gasteiger partial charge in [0.1, 0.15) is 21.8 Å². The standard InChI is InChI=1S/C27H34N4O5S2/c1-4-10-30-23(29-11-6-8-18(15-29)26(34)35-5-2)20(17(3)21(14-28)24(30)32)13-22-25(33)31(27(37)38-22)16-19-9-7-12-36-19/h13,18-19H,4-12,15-16H2,1-3H3/b22-13-. The van der Waals surface area contributed by atoms with Crippen molar-refractivity contribution in [3.05, 3.63) is 31.9 Å². The summed E-state index contributed by atoms with van der Waals surface area (Å²) in [6, 6.07) is 2.08. The van der Waals surface area contributed by atoms with Crippen LogP contribution >= 0.6 is 24.0 Å². The predicted molar refractivity (Wildman–Crippen MR) is 151 cm³/mol. The van der Waals surface area contributed by atoms with E-state index in [0.717, 1.165) is 19.3 Å². The fourth-order valence-electron chi connectivity index (χ4n) is 5.32. The van der Waals surface area contributed by atoms with Crippen molar-refractivity contribution in [3.8, 4) is 6.07 Å². The molecule has 3 fully saturated rings. The number of thiocarbonyl (C=S) groups is 1. The van der Waals surface area contributed by atoms with E-state index >= 15 is 0 Å². The molecule has 3 aliphatic rings. The third-order valence-corrected chi connectivity index (χ3v) is 8.57. The Morgan fingerprint density at radius 3 is 2.74 bits per heavy atom. The average Bonchev–Trinajstić information content (AvgIpc) is 3.51. The number of hydrogen-bond acceptors (Lipinski definition) is 9. The number of carbonyl (C=O) groups excluding carboxylic acids is 2. The second-order valence-electron chi connectivity index (χ2n) is 9.77. The first-order chi connectivity index (χ1) is 18.3. The summed E-state index contributed by atoms with van der Waals surface area (Å²) in [6.07, 6.45) is 5.74. The highest BCUT2D eigenvalue weighted by atomic mass is 32.2. The number of thioether (sulfide) groups is 1. The lowest BCUT2D eigenvalue weighted by molar-refractivity contribution is -0.148. The zero-order valence-corrected chi connectivity index (χ0v) is 23.8. The third kappa shape index (κ3) is 5.67. The Hall–Kier alpha value is -2.68. The van der Waals surface area contributed by atoms with E-state index in [4.69, 9.17) is 21.7 Å². The summed E-state index contributed by atoms with van der Waals surface area (Å²) in [5.41, 5.74) is 0.852. The number of nitrogens with zero attached hydrogens (tertiary/aromatic N) is 4. The molecule has 11 heteroatoms. The van der Waals surface area contributed by atoms with E-state index in [1.807, 2.05) is 11.8 Å². The smallest absolute Gasteiger partial charge is 0.310 e. The molecule has 4 rings (SSSR count). The molecule has 3 saturated heterocycles. The van der Waals surface area contributed by atoms with Gasteiger partial charge in [-0.25, -0.2) is 0 Å². The van der Waals surface area contributed by atoms with Crippen molar-refractivity contribution in [2.45, 2.75) is 65.5 Å². The minimum atomic E-state index is -0.358. The van der Waals surface area contributed by atoms with Crippen LogP contribution in [0, 0.1) is 24.2 Å². The summed E-state index contributed by atoms with van der Waals surface area (Å²) in [7, 11) is 0. The molecule has 0 bridgehead atoms. The molecule has 4 heterocycles. The highest BCUT2D eigenvalue weighted by molar-refractivity contribution is 8.26. The first-order valence-corrected chi connectivity index (χ1v) is 14.5. The van der Waals surface area contributed by atoms with Crippen LogP contribution in [0.15, 0.2) is 9.70 Å². The number of rotatable bonds is 8. The summed E-state index contributed by atoms with van der Waals surface area (Å²) in [5, 5.41) is 9.87. The van der Waals surface area contributed by atoms with Crippen LogP contribution in [0.3, 0.4) is 0 Å². The maximum Gasteiger partial charge on any atom is 0.310 e. The maximum absolute atomic E-state index is 13.4. The van der Waals surface area contributed by atoms with Crippen LogP contribution in [-0.4, -0.2) is 64.6 Å². The number of nitriles is 1. The highest BCUT2D eigenvalue weighted by Crippen LogP contribution is 2.37.